The Hall–Kier alpha value is -1.41. The number of rotatable bonds is 3. The van der Waals surface area contributed by atoms with Crippen LogP contribution in [-0.4, -0.2) is 10.9 Å². The third kappa shape index (κ3) is 2.30. The van der Waals surface area contributed by atoms with Crippen LogP contribution in [0.15, 0.2) is 36.4 Å². The number of carbonyl (C=O) groups excluding carboxylic acids is 1. The van der Waals surface area contributed by atoms with Crippen molar-refractivity contribution in [1.29, 1.82) is 0 Å². The summed E-state index contributed by atoms with van der Waals surface area (Å²) in [7, 11) is 0. The molecule has 1 aromatic rings. The van der Waals surface area contributed by atoms with Gasteiger partial charge in [-0.25, -0.2) is 0 Å². The molecule has 0 aromatic heterocycles. The SMILES string of the molecule is C=C(C)C(=O)C(O)c1ccc(C)cc1. The van der Waals surface area contributed by atoms with E-state index in [0.29, 0.717) is 11.1 Å². The molecule has 0 radical (unpaired) electrons. The van der Waals surface area contributed by atoms with Gasteiger partial charge in [0.1, 0.15) is 6.10 Å². The smallest absolute Gasteiger partial charge is 0.190 e. The molecule has 0 heterocycles. The van der Waals surface area contributed by atoms with Gasteiger partial charge in [-0.2, -0.15) is 0 Å². The molecule has 2 nitrogen and oxygen atoms in total. The van der Waals surface area contributed by atoms with Gasteiger partial charge in [0.2, 0.25) is 0 Å². The summed E-state index contributed by atoms with van der Waals surface area (Å²) < 4.78 is 0. The van der Waals surface area contributed by atoms with Crippen molar-refractivity contribution in [2.24, 2.45) is 0 Å². The zero-order valence-corrected chi connectivity index (χ0v) is 8.45. The van der Waals surface area contributed by atoms with Gasteiger partial charge in [-0.05, 0) is 25.0 Å². The van der Waals surface area contributed by atoms with E-state index in [2.05, 4.69) is 6.58 Å². The van der Waals surface area contributed by atoms with Gasteiger partial charge in [0.25, 0.3) is 0 Å². The highest BCUT2D eigenvalue weighted by Gasteiger charge is 2.16. The molecule has 1 atom stereocenters. The first-order valence-corrected chi connectivity index (χ1v) is 4.46. The van der Waals surface area contributed by atoms with Gasteiger partial charge in [0.05, 0.1) is 0 Å². The summed E-state index contributed by atoms with van der Waals surface area (Å²) in [5.41, 5.74) is 2.09. The lowest BCUT2D eigenvalue weighted by Crippen LogP contribution is -2.12. The second-order valence-corrected chi connectivity index (χ2v) is 3.46. The van der Waals surface area contributed by atoms with Crippen molar-refractivity contribution < 1.29 is 9.90 Å². The van der Waals surface area contributed by atoms with Crippen LogP contribution in [0.25, 0.3) is 0 Å². The number of Topliss-reactive ketones (excluding diaryl/α,β-unsaturated/α-hetero) is 1. The van der Waals surface area contributed by atoms with Crippen LogP contribution in [0.1, 0.15) is 24.2 Å². The maximum atomic E-state index is 11.4. The standard InChI is InChI=1S/C12H14O2/c1-8(2)11(13)12(14)10-6-4-9(3)5-7-10/h4-7,12,14H,1H2,2-3H3. The molecule has 0 bridgehead atoms. The molecule has 1 N–H and O–H groups in total. The molecule has 0 spiro atoms. The van der Waals surface area contributed by atoms with E-state index in [4.69, 9.17) is 0 Å². The zero-order valence-electron chi connectivity index (χ0n) is 8.45. The van der Waals surface area contributed by atoms with Crippen LogP contribution in [-0.2, 0) is 4.79 Å². The molecule has 0 aliphatic heterocycles. The van der Waals surface area contributed by atoms with Crippen LogP contribution in [0.3, 0.4) is 0 Å². The predicted octanol–water partition coefficient (Wildman–Crippen LogP) is 2.17. The molecule has 0 aliphatic carbocycles. The Kier molecular flexibility index (Phi) is 3.20. The molecular formula is C12H14O2. The third-order valence-corrected chi connectivity index (χ3v) is 2.06. The fraction of sp³-hybridized carbons (Fsp3) is 0.250. The zero-order chi connectivity index (χ0) is 10.7. The number of ketones is 1. The second-order valence-electron chi connectivity index (χ2n) is 3.46. The Morgan fingerprint density at radius 2 is 1.86 bits per heavy atom. The van der Waals surface area contributed by atoms with Crippen LogP contribution in [0.4, 0.5) is 0 Å². The summed E-state index contributed by atoms with van der Waals surface area (Å²) in [6.07, 6.45) is -1.08. The van der Waals surface area contributed by atoms with Gasteiger partial charge in [0, 0.05) is 0 Å². The average Bonchev–Trinajstić information content (AvgIpc) is 2.16. The van der Waals surface area contributed by atoms with Gasteiger partial charge >= 0.3 is 0 Å². The van der Waals surface area contributed by atoms with Gasteiger partial charge in [-0.15, -0.1) is 0 Å². The molecule has 0 aliphatic rings. The Balaban J connectivity index is 2.89. The summed E-state index contributed by atoms with van der Waals surface area (Å²) in [5, 5.41) is 9.64. The molecule has 0 saturated heterocycles. The Morgan fingerprint density at radius 1 is 1.36 bits per heavy atom. The van der Waals surface area contributed by atoms with E-state index < -0.39 is 6.10 Å². The van der Waals surface area contributed by atoms with E-state index in [1.165, 1.54) is 0 Å². The third-order valence-electron chi connectivity index (χ3n) is 2.06. The maximum Gasteiger partial charge on any atom is 0.190 e. The van der Waals surface area contributed by atoms with Crippen molar-refractivity contribution >= 4 is 5.78 Å². The lowest BCUT2D eigenvalue weighted by atomic mass is 10.0. The van der Waals surface area contributed by atoms with Crippen molar-refractivity contribution in [3.05, 3.63) is 47.5 Å². The summed E-state index contributed by atoms with van der Waals surface area (Å²) in [5.74, 6) is -0.325. The second kappa shape index (κ2) is 4.20. The molecule has 1 unspecified atom stereocenters. The number of carbonyl (C=O) groups is 1. The Labute approximate surface area is 83.9 Å². The quantitative estimate of drug-likeness (QED) is 0.742. The van der Waals surface area contributed by atoms with E-state index >= 15 is 0 Å². The first kappa shape index (κ1) is 10.7. The minimum absolute atomic E-state index is 0.325. The normalized spacial score (nSPS) is 12.2. The van der Waals surface area contributed by atoms with Gasteiger partial charge < -0.3 is 5.11 Å². The first-order chi connectivity index (χ1) is 6.52. The van der Waals surface area contributed by atoms with Crippen LogP contribution in [0.2, 0.25) is 0 Å². The highest BCUT2D eigenvalue weighted by atomic mass is 16.3. The molecule has 1 rings (SSSR count). The van der Waals surface area contributed by atoms with Crippen molar-refractivity contribution in [2.45, 2.75) is 20.0 Å². The molecule has 0 saturated carbocycles. The van der Waals surface area contributed by atoms with Crippen molar-refractivity contribution in [3.63, 3.8) is 0 Å². The summed E-state index contributed by atoms with van der Waals surface area (Å²) in [6.45, 7) is 7.06. The topological polar surface area (TPSA) is 37.3 Å². The van der Waals surface area contributed by atoms with Crippen LogP contribution in [0.5, 0.6) is 0 Å². The van der Waals surface area contributed by atoms with E-state index in [-0.39, 0.29) is 5.78 Å². The number of aliphatic hydroxyl groups excluding tert-OH is 1. The average molecular weight is 190 g/mol. The van der Waals surface area contributed by atoms with Crippen LogP contribution < -0.4 is 0 Å². The van der Waals surface area contributed by atoms with E-state index in [1.807, 2.05) is 19.1 Å². The molecule has 0 fully saturated rings. The molecule has 2 heteroatoms. The van der Waals surface area contributed by atoms with Crippen LogP contribution in [0, 0.1) is 6.92 Å². The highest BCUT2D eigenvalue weighted by Crippen LogP contribution is 2.17. The fourth-order valence-electron chi connectivity index (χ4n) is 1.13. The number of hydrogen-bond donors (Lipinski definition) is 1. The van der Waals surface area contributed by atoms with E-state index in [1.54, 1.807) is 19.1 Å². The van der Waals surface area contributed by atoms with Crippen molar-refractivity contribution in [2.75, 3.05) is 0 Å². The molecule has 14 heavy (non-hydrogen) atoms. The van der Waals surface area contributed by atoms with Gasteiger partial charge in [-0.3, -0.25) is 4.79 Å². The Morgan fingerprint density at radius 3 is 2.29 bits per heavy atom. The predicted molar refractivity (Wildman–Crippen MR) is 56.0 cm³/mol. The van der Waals surface area contributed by atoms with E-state index in [9.17, 15) is 9.90 Å². The summed E-state index contributed by atoms with van der Waals surface area (Å²) in [4.78, 5) is 11.4. The lowest BCUT2D eigenvalue weighted by Gasteiger charge is -2.09. The molecule has 0 amide bonds. The first-order valence-electron chi connectivity index (χ1n) is 4.46. The molecule has 74 valence electrons. The Bertz CT molecular complexity index is 349. The van der Waals surface area contributed by atoms with Crippen LogP contribution >= 0.6 is 0 Å². The lowest BCUT2D eigenvalue weighted by molar-refractivity contribution is -0.123. The van der Waals surface area contributed by atoms with Crippen molar-refractivity contribution in [1.82, 2.24) is 0 Å². The molecular weight excluding hydrogens is 176 g/mol. The summed E-state index contributed by atoms with van der Waals surface area (Å²) in [6, 6.07) is 7.23. The number of benzene rings is 1. The minimum Gasteiger partial charge on any atom is -0.380 e. The monoisotopic (exact) mass is 190 g/mol. The van der Waals surface area contributed by atoms with Gasteiger partial charge in [-0.1, -0.05) is 36.4 Å². The van der Waals surface area contributed by atoms with Gasteiger partial charge in [0.15, 0.2) is 5.78 Å². The van der Waals surface area contributed by atoms with E-state index in [0.717, 1.165) is 5.56 Å². The summed E-state index contributed by atoms with van der Waals surface area (Å²) >= 11 is 0. The fourth-order valence-corrected chi connectivity index (χ4v) is 1.13. The highest BCUT2D eigenvalue weighted by molar-refractivity contribution is 5.98. The number of hydrogen-bond acceptors (Lipinski definition) is 2. The number of aliphatic hydroxyl groups is 1. The largest absolute Gasteiger partial charge is 0.380 e. The van der Waals surface area contributed by atoms with Crippen molar-refractivity contribution in [3.8, 4) is 0 Å². The molecule has 1 aromatic carbocycles. The maximum absolute atomic E-state index is 11.4. The number of aryl methyl sites for hydroxylation is 1. The minimum atomic E-state index is -1.08.